The van der Waals surface area contributed by atoms with E-state index >= 15 is 14.4 Å². The Morgan fingerprint density at radius 3 is 1.91 bits per heavy atom. The summed E-state index contributed by atoms with van der Waals surface area (Å²) in [6.07, 6.45) is 6.33. The summed E-state index contributed by atoms with van der Waals surface area (Å²) in [4.78, 5) is 207. The highest BCUT2D eigenvalue weighted by Crippen LogP contribution is 2.58. The summed E-state index contributed by atoms with van der Waals surface area (Å²) in [5.41, 5.74) is 18.7. The second-order valence-electron chi connectivity index (χ2n) is 36.0. The van der Waals surface area contributed by atoms with E-state index < -0.39 is 144 Å². The van der Waals surface area contributed by atoms with Crippen molar-refractivity contribution in [3.05, 3.63) is 178 Å². The predicted octanol–water partition coefficient (Wildman–Crippen LogP) is 0.270. The number of benzene rings is 5. The number of nitrogens with one attached hydrogen (secondary N) is 16. The third-order valence-corrected chi connectivity index (χ3v) is 25.8. The molecular weight excluding hydrogens is 1830 g/mol. The van der Waals surface area contributed by atoms with Gasteiger partial charge in [0, 0.05) is 116 Å². The average molecular weight is 1950 g/mol. The minimum absolute atomic E-state index is 0.0407. The van der Waals surface area contributed by atoms with E-state index in [0.717, 1.165) is 11.4 Å². The lowest BCUT2D eigenvalue weighted by Gasteiger charge is -2.36. The number of carbonyl (C=O) groups excluding carboxylic acids is 14. The van der Waals surface area contributed by atoms with Gasteiger partial charge in [0.05, 0.1) is 68.6 Å². The van der Waals surface area contributed by atoms with Gasteiger partial charge >= 0.3 is 18.1 Å². The number of hydrazine groups is 1. The second kappa shape index (κ2) is 46.8. The number of hydrogen-bond donors (Lipinski definition) is 22. The van der Waals surface area contributed by atoms with Crippen LogP contribution in [-0.4, -0.2) is 265 Å². The highest BCUT2D eigenvalue weighted by Gasteiger charge is 2.55. The summed E-state index contributed by atoms with van der Waals surface area (Å²) in [6.45, 7) is 3.80. The van der Waals surface area contributed by atoms with E-state index in [4.69, 9.17) is 40.6 Å². The van der Waals surface area contributed by atoms with Gasteiger partial charge in [-0.15, -0.1) is 5.10 Å². The minimum Gasteiger partial charge on any atom is -0.508 e. The number of rotatable bonds is 45. The van der Waals surface area contributed by atoms with Crippen LogP contribution in [0.25, 0.3) is 10.9 Å². The number of alkyl carbamates (subject to hydrolysis) is 1. The maximum absolute atomic E-state index is 15.5. The number of esters is 1. The molecule has 0 radical (unpaired) electrons. The van der Waals surface area contributed by atoms with Crippen molar-refractivity contribution < 1.29 is 111 Å². The lowest BCUT2D eigenvalue weighted by Crippen LogP contribution is -2.61. The number of urea groups is 1. The van der Waals surface area contributed by atoms with E-state index in [1.54, 1.807) is 73.3 Å². The molecule has 2 aliphatic carbocycles. The second-order valence-corrected chi connectivity index (χ2v) is 36.0. The molecule has 7 heterocycles. The molecule has 14 amide bonds. The number of aryl methyl sites for hydroxylation is 2. The zero-order valence-corrected chi connectivity index (χ0v) is 77.6. The van der Waals surface area contributed by atoms with Crippen LogP contribution in [0.3, 0.4) is 0 Å². The van der Waals surface area contributed by atoms with Crippen LogP contribution in [0.2, 0.25) is 0 Å². The molecular formula is C95H117N23O23. The Hall–Kier alpha value is -15.5. The van der Waals surface area contributed by atoms with E-state index in [2.05, 4.69) is 89.2 Å². The molecule has 4 aliphatic heterocycles. The summed E-state index contributed by atoms with van der Waals surface area (Å²) in [6, 6.07) is 12.3. The van der Waals surface area contributed by atoms with Crippen molar-refractivity contribution in [3.8, 4) is 28.7 Å². The first-order chi connectivity index (χ1) is 67.9. The first-order valence-electron chi connectivity index (χ1n) is 46.9. The zero-order chi connectivity index (χ0) is 100. The topological polar surface area (TPSA) is 677 Å². The quantitative estimate of drug-likeness (QED) is 0.00801. The molecule has 1 spiro atoms. The summed E-state index contributed by atoms with van der Waals surface area (Å²) in [5, 5.41) is 89.4. The number of aliphatic hydroxyl groups excluding tert-OH is 1. The Morgan fingerprint density at radius 1 is 0.617 bits per heavy atom. The molecule has 6 aliphatic rings. The number of aromatic hydroxyl groups is 3. The fraction of sp³-hybridized carbons (Fsp3) is 0.453. The molecule has 12 atom stereocenters. The number of fused-ring (bicyclic) bond motifs is 9. The van der Waals surface area contributed by atoms with Gasteiger partial charge in [0.2, 0.25) is 53.2 Å². The van der Waals surface area contributed by atoms with Gasteiger partial charge < -0.3 is 129 Å². The number of phenolic OH excluding ortho intramolecular Hbond substituents is 3. The fourth-order valence-corrected chi connectivity index (χ4v) is 18.7. The zero-order valence-electron chi connectivity index (χ0n) is 77.6. The van der Waals surface area contributed by atoms with Crippen molar-refractivity contribution in [2.45, 2.75) is 183 Å². The lowest BCUT2D eigenvalue weighted by atomic mass is 9.77. The van der Waals surface area contributed by atoms with E-state index in [1.807, 2.05) is 5.43 Å². The maximum Gasteiger partial charge on any atom is 0.407 e. The van der Waals surface area contributed by atoms with Crippen LogP contribution >= 0.6 is 0 Å². The molecule has 46 nitrogen and oxygen atoms in total. The Labute approximate surface area is 807 Å². The van der Waals surface area contributed by atoms with E-state index in [1.165, 1.54) is 72.0 Å². The Balaban J connectivity index is 0.607. The van der Waals surface area contributed by atoms with Crippen LogP contribution in [0, 0.1) is 29.1 Å². The highest BCUT2D eigenvalue weighted by molar-refractivity contribution is 6.03. The van der Waals surface area contributed by atoms with Crippen molar-refractivity contribution in [2.24, 2.45) is 35.1 Å². The van der Waals surface area contributed by atoms with Gasteiger partial charge in [-0.3, -0.25) is 63.6 Å². The van der Waals surface area contributed by atoms with Gasteiger partial charge in [0.25, 0.3) is 11.8 Å². The van der Waals surface area contributed by atoms with Crippen LogP contribution in [0.4, 0.5) is 9.59 Å². The molecule has 3 aromatic heterocycles. The van der Waals surface area contributed by atoms with Crippen molar-refractivity contribution in [1.82, 2.24) is 104 Å². The maximum atomic E-state index is 15.5. The monoisotopic (exact) mass is 1950 g/mol. The Kier molecular flexibility index (Phi) is 33.7. The van der Waals surface area contributed by atoms with Crippen LogP contribution in [-0.2, 0) is 111 Å². The summed E-state index contributed by atoms with van der Waals surface area (Å²) < 4.78 is 30.9. The number of primary amides is 1. The average Bonchev–Trinajstić information content (AvgIpc) is 1.57. The van der Waals surface area contributed by atoms with E-state index in [0.29, 0.717) is 76.5 Å². The molecule has 24 N–H and O–H groups in total. The molecule has 46 heteroatoms. The van der Waals surface area contributed by atoms with Gasteiger partial charge in [0.15, 0.2) is 11.6 Å². The van der Waals surface area contributed by atoms with Gasteiger partial charge in [0.1, 0.15) is 83.1 Å². The van der Waals surface area contributed by atoms with Crippen molar-refractivity contribution in [2.75, 3.05) is 65.8 Å². The summed E-state index contributed by atoms with van der Waals surface area (Å²) in [7, 11) is 0. The molecule has 3 fully saturated rings. The lowest BCUT2D eigenvalue weighted by molar-refractivity contribution is -0.142. The summed E-state index contributed by atoms with van der Waals surface area (Å²) >= 11 is 0. The number of amides is 14. The predicted molar refractivity (Wildman–Crippen MR) is 500 cm³/mol. The third-order valence-electron chi connectivity index (χ3n) is 25.8. The number of imidazole rings is 1. The smallest absolute Gasteiger partial charge is 0.407 e. The molecule has 14 rings (SSSR count). The number of hydrogen-bond acceptors (Lipinski definition) is 27. The molecule has 750 valence electrons. The fourth-order valence-electron chi connectivity index (χ4n) is 18.7. The molecule has 1 saturated carbocycles. The summed E-state index contributed by atoms with van der Waals surface area (Å²) in [5.74, 6) is -9.45. The van der Waals surface area contributed by atoms with Crippen molar-refractivity contribution in [3.63, 3.8) is 0 Å². The molecule has 8 aromatic rings. The van der Waals surface area contributed by atoms with Crippen LogP contribution in [0.1, 0.15) is 150 Å². The molecule has 141 heavy (non-hydrogen) atoms. The molecule has 0 unspecified atom stereocenters. The molecule has 2 saturated heterocycles. The van der Waals surface area contributed by atoms with Crippen molar-refractivity contribution >= 4 is 99.9 Å². The minimum atomic E-state index is -1.86. The Morgan fingerprint density at radius 2 is 1.24 bits per heavy atom. The number of aliphatic hydroxyl groups is 1. The van der Waals surface area contributed by atoms with Crippen molar-refractivity contribution in [1.29, 1.82) is 5.41 Å². The van der Waals surface area contributed by atoms with Gasteiger partial charge in [-0.25, -0.2) is 29.5 Å². The number of phenols is 3. The number of ether oxygens (including phenoxy) is 5. The normalized spacial score (nSPS) is 18.2. The van der Waals surface area contributed by atoms with E-state index in [-0.39, 0.29) is 212 Å². The largest absolute Gasteiger partial charge is 0.508 e. The first-order valence-corrected chi connectivity index (χ1v) is 46.9. The number of nitrogens with two attached hydrogens (primary N) is 2. The first kappa shape index (κ1) is 101. The number of guanidine groups is 1. The van der Waals surface area contributed by atoms with Gasteiger partial charge in [-0.05, 0) is 166 Å². The van der Waals surface area contributed by atoms with Crippen LogP contribution in [0.15, 0.2) is 122 Å². The molecule has 0 bridgehead atoms. The highest BCUT2D eigenvalue weighted by atomic mass is 16.6. The SMILES string of the molecule is CC(C)C[C@H](NC(=O)[C@@H](CCCn1nnc2c1CC[C@H]1[C@@H](CC2)[C@H]1COC(=O)NCCOCCOCCNC(=O)c1ccc2c(c1)C(=O)OC21c2ccc(O)cc2Oc2cc(O)ccc21)NC(=O)[C@H](Cc1ccc(O)cc1)NC(=O)[C@H](CO)NC(=O)[C@H](Cc1c[nH]c2ccccc12)NC(=O)[C@H](Cc1c[nH]cn1)NC(=O)[C@@H]1CCC(=O)N1)C(=O)N[C@@H](CCCNC(=N)N)C(=O)N1CCC[C@H]1C(=O)NNC(N)=O. The standard InChI is InChI=1S/C95H117N23O23/c1-50(2)38-71(84(127)107-70(10-5-29-101-92(96)97)90(133)117-32-7-12-77(117)89(132)114-115-93(98)135)108-82(125)68(106-85(128)72(39-51-13-16-55(120)17-14-51)109-88(131)75(47-119)112-86(129)73(41-53-45-103-66-9-4-3-8-58(53)66)110-87(130)74(42-54-46-99-49-104-54)111-83(126)69-26-28-80(123)105-69)11-6-33-118-76-27-21-60-59(20-25-67(76)113-116-118)62(60)48-139-94(136)102-31-35-138-37-36-137-34-30-100-81(124)52-15-22-63-61(40-52)91(134)141-95(63)64-23-18-56(121)43-78(64)140-79-44-57(122)19-24-65(79)95/h3-4,8-9,13-19,22-24,40,43-46,49-50,59-60,62,68-75,77,103,119-122H,5-7,10-12,20-21,25-39,41-42,47-48H2,1-2H3,(H,99,104)(H,100,124)(H,102,136)(H,105,123)(H,106,128)(H,107,127)(H,108,125)(H,109,131)(H,110,130)(H,111,126)(H,112,129)(H,114,132)(H4,96,97,101)(H3,98,115,135)/t59-,60+,62-,68-,69+,70+,71+,72+,73+,74+,75+,77+/m1/s1. The third kappa shape index (κ3) is 25.7. The number of likely N-dealkylation sites (tertiary alicyclic amines) is 1. The van der Waals surface area contributed by atoms with Crippen LogP contribution < -0.4 is 85.5 Å². The Bertz CT molecular complexity index is 5880. The number of nitrogens with zero attached hydrogens (tertiary/aromatic N) is 5. The van der Waals surface area contributed by atoms with E-state index in [9.17, 15) is 73.2 Å². The number of carbonyl (C=O) groups is 14. The number of para-hydroxylation sites is 1. The number of aromatic amines is 2. The van der Waals surface area contributed by atoms with Crippen LogP contribution in [0.5, 0.6) is 28.7 Å². The van der Waals surface area contributed by atoms with Gasteiger partial charge in [-0.2, -0.15) is 0 Å². The molecule has 5 aromatic carbocycles. The number of aromatic nitrogens is 6. The number of H-pyrrole nitrogens is 2. The van der Waals surface area contributed by atoms with Gasteiger partial charge in [-0.1, -0.05) is 55.5 Å².